The number of hydrogen-bond acceptors (Lipinski definition) is 5. The second-order valence-corrected chi connectivity index (χ2v) is 5.89. The molecule has 0 radical (unpaired) electrons. The average Bonchev–Trinajstić information content (AvgIpc) is 3.34. The Bertz CT molecular complexity index is 669. The Morgan fingerprint density at radius 2 is 2.04 bits per heavy atom. The second-order valence-electron chi connectivity index (χ2n) is 5.89. The number of carbonyl (C=O) groups excluding carboxylic acids is 2. The molecule has 1 fully saturated rings. The van der Waals surface area contributed by atoms with Gasteiger partial charge in [-0.25, -0.2) is 9.59 Å². The standard InChI is InChI=1S/C18H20N2O4/c1-20-9-5-8-14(11-20)17(21)23-12-24-18(22)19-16-10-15(16)13-6-3-2-4-7-13/h2-7,9,11,15-16H,8,10,12H2,1H3,(H,19,22)/t15-,16+/m0/s1. The molecule has 0 saturated heterocycles. The first-order valence-electron chi connectivity index (χ1n) is 7.88. The summed E-state index contributed by atoms with van der Waals surface area (Å²) in [7, 11) is 1.83. The van der Waals surface area contributed by atoms with Crippen LogP contribution in [0.25, 0.3) is 0 Å². The van der Waals surface area contributed by atoms with E-state index in [0.717, 1.165) is 6.42 Å². The van der Waals surface area contributed by atoms with Crippen LogP contribution in [0.3, 0.4) is 0 Å². The summed E-state index contributed by atoms with van der Waals surface area (Å²) in [6.07, 6.45) is 6.25. The fourth-order valence-corrected chi connectivity index (χ4v) is 2.67. The van der Waals surface area contributed by atoms with Crippen LogP contribution < -0.4 is 5.32 Å². The average molecular weight is 328 g/mol. The van der Waals surface area contributed by atoms with Gasteiger partial charge < -0.3 is 19.7 Å². The SMILES string of the molecule is CN1C=CCC(C(=O)OCOC(=O)N[C@@H]2C[C@H]2c2ccccc2)=C1. The van der Waals surface area contributed by atoms with Crippen molar-refractivity contribution >= 4 is 12.1 Å². The molecule has 0 bridgehead atoms. The van der Waals surface area contributed by atoms with E-state index in [4.69, 9.17) is 9.47 Å². The number of ether oxygens (including phenoxy) is 2. The molecule has 1 saturated carbocycles. The number of allylic oxidation sites excluding steroid dienone is 1. The highest BCUT2D eigenvalue weighted by molar-refractivity contribution is 5.88. The fourth-order valence-electron chi connectivity index (χ4n) is 2.67. The van der Waals surface area contributed by atoms with Gasteiger partial charge in [-0.05, 0) is 18.2 Å². The molecule has 1 N–H and O–H groups in total. The third-order valence-corrected chi connectivity index (χ3v) is 4.00. The number of rotatable bonds is 5. The third-order valence-electron chi connectivity index (χ3n) is 4.00. The van der Waals surface area contributed by atoms with Crippen molar-refractivity contribution in [2.75, 3.05) is 13.8 Å². The van der Waals surface area contributed by atoms with Crippen molar-refractivity contribution in [2.24, 2.45) is 0 Å². The lowest BCUT2D eigenvalue weighted by atomic mass is 10.1. The number of esters is 1. The Morgan fingerprint density at radius 3 is 2.79 bits per heavy atom. The minimum absolute atomic E-state index is 0.0791. The number of hydrogen-bond donors (Lipinski definition) is 1. The van der Waals surface area contributed by atoms with E-state index in [2.05, 4.69) is 5.32 Å². The van der Waals surface area contributed by atoms with Gasteiger partial charge in [0.25, 0.3) is 0 Å². The van der Waals surface area contributed by atoms with Crippen LogP contribution in [0.15, 0.2) is 54.4 Å². The van der Waals surface area contributed by atoms with E-state index in [1.807, 2.05) is 49.7 Å². The Hall–Kier alpha value is -2.76. The van der Waals surface area contributed by atoms with Gasteiger partial charge in [-0.2, -0.15) is 0 Å². The van der Waals surface area contributed by atoms with Crippen molar-refractivity contribution in [3.05, 3.63) is 59.9 Å². The number of alkyl carbamates (subject to hydrolysis) is 1. The number of carbonyl (C=O) groups is 2. The molecule has 2 aliphatic rings. The molecule has 0 spiro atoms. The monoisotopic (exact) mass is 328 g/mol. The maximum absolute atomic E-state index is 11.8. The van der Waals surface area contributed by atoms with Crippen molar-refractivity contribution in [1.82, 2.24) is 10.2 Å². The van der Waals surface area contributed by atoms with Crippen molar-refractivity contribution in [3.8, 4) is 0 Å². The molecule has 126 valence electrons. The first-order valence-corrected chi connectivity index (χ1v) is 7.88. The molecular weight excluding hydrogens is 308 g/mol. The zero-order valence-electron chi connectivity index (χ0n) is 13.5. The van der Waals surface area contributed by atoms with Gasteiger partial charge in [-0.1, -0.05) is 36.4 Å². The summed E-state index contributed by atoms with van der Waals surface area (Å²) >= 11 is 0. The zero-order valence-corrected chi connectivity index (χ0v) is 13.5. The number of amides is 1. The number of nitrogens with zero attached hydrogens (tertiary/aromatic N) is 1. The van der Waals surface area contributed by atoms with Crippen LogP contribution in [0, 0.1) is 0 Å². The smallest absolute Gasteiger partial charge is 0.410 e. The summed E-state index contributed by atoms with van der Waals surface area (Å²) in [5.41, 5.74) is 1.73. The van der Waals surface area contributed by atoms with Crippen LogP contribution in [-0.4, -0.2) is 36.8 Å². The first-order chi connectivity index (χ1) is 11.6. The minimum atomic E-state index is -0.569. The molecule has 1 heterocycles. The molecule has 6 nitrogen and oxygen atoms in total. The predicted molar refractivity (Wildman–Crippen MR) is 87.8 cm³/mol. The van der Waals surface area contributed by atoms with E-state index in [-0.39, 0.29) is 6.04 Å². The van der Waals surface area contributed by atoms with Crippen LogP contribution in [0.4, 0.5) is 4.79 Å². The number of benzene rings is 1. The van der Waals surface area contributed by atoms with E-state index >= 15 is 0 Å². The summed E-state index contributed by atoms with van der Waals surface area (Å²) < 4.78 is 9.88. The van der Waals surface area contributed by atoms with Gasteiger partial charge in [0.05, 0.1) is 5.57 Å². The van der Waals surface area contributed by atoms with E-state index < -0.39 is 18.9 Å². The Balaban J connectivity index is 1.36. The Morgan fingerprint density at radius 1 is 1.25 bits per heavy atom. The van der Waals surface area contributed by atoms with Crippen LogP contribution in [-0.2, 0) is 14.3 Å². The summed E-state index contributed by atoms with van der Waals surface area (Å²) in [6.45, 7) is -0.391. The van der Waals surface area contributed by atoms with Crippen LogP contribution >= 0.6 is 0 Å². The van der Waals surface area contributed by atoms with Gasteiger partial charge in [0, 0.05) is 31.6 Å². The molecule has 2 atom stereocenters. The van der Waals surface area contributed by atoms with Crippen LogP contribution in [0.2, 0.25) is 0 Å². The highest BCUT2D eigenvalue weighted by Gasteiger charge is 2.39. The molecule has 1 aliphatic heterocycles. The summed E-state index contributed by atoms with van der Waals surface area (Å²) in [5, 5.41) is 2.78. The predicted octanol–water partition coefficient (Wildman–Crippen LogP) is 2.50. The second kappa shape index (κ2) is 7.21. The van der Waals surface area contributed by atoms with E-state index in [9.17, 15) is 9.59 Å². The van der Waals surface area contributed by atoms with Gasteiger partial charge in [0.1, 0.15) is 0 Å². The molecule has 6 heteroatoms. The highest BCUT2D eigenvalue weighted by atomic mass is 16.7. The molecule has 1 aromatic rings. The van der Waals surface area contributed by atoms with E-state index in [1.165, 1.54) is 5.56 Å². The van der Waals surface area contributed by atoms with Gasteiger partial charge >= 0.3 is 12.1 Å². The zero-order chi connectivity index (χ0) is 16.9. The number of nitrogens with one attached hydrogen (secondary N) is 1. The van der Waals surface area contributed by atoms with Gasteiger partial charge in [0.15, 0.2) is 0 Å². The lowest BCUT2D eigenvalue weighted by molar-refractivity contribution is -0.147. The van der Waals surface area contributed by atoms with Crippen molar-refractivity contribution in [2.45, 2.75) is 24.8 Å². The topological polar surface area (TPSA) is 67.9 Å². The highest BCUT2D eigenvalue weighted by Crippen LogP contribution is 2.40. The third kappa shape index (κ3) is 4.16. The quantitative estimate of drug-likeness (QED) is 0.664. The molecular formula is C18H20N2O4. The maximum atomic E-state index is 11.8. The summed E-state index contributed by atoms with van der Waals surface area (Å²) in [6, 6.07) is 10.1. The van der Waals surface area contributed by atoms with Crippen LogP contribution in [0.1, 0.15) is 24.3 Å². The molecule has 1 amide bonds. The largest absolute Gasteiger partial charge is 0.424 e. The lowest BCUT2D eigenvalue weighted by Crippen LogP contribution is -2.28. The molecule has 0 aromatic heterocycles. The fraction of sp³-hybridized carbons (Fsp3) is 0.333. The Labute approximate surface area is 140 Å². The van der Waals surface area contributed by atoms with Gasteiger partial charge in [0.2, 0.25) is 6.79 Å². The van der Waals surface area contributed by atoms with E-state index in [1.54, 1.807) is 11.1 Å². The van der Waals surface area contributed by atoms with Crippen molar-refractivity contribution in [3.63, 3.8) is 0 Å². The molecule has 1 aliphatic carbocycles. The summed E-state index contributed by atoms with van der Waals surface area (Å²) in [5.74, 6) is -0.149. The van der Waals surface area contributed by atoms with Gasteiger partial charge in [-0.3, -0.25) is 0 Å². The normalized spacial score (nSPS) is 21.7. The van der Waals surface area contributed by atoms with Gasteiger partial charge in [-0.15, -0.1) is 0 Å². The Kier molecular flexibility index (Phi) is 4.84. The first kappa shape index (κ1) is 16.1. The van der Waals surface area contributed by atoms with E-state index in [0.29, 0.717) is 17.9 Å². The molecule has 3 rings (SSSR count). The minimum Gasteiger partial charge on any atom is -0.424 e. The molecule has 1 aromatic carbocycles. The molecule has 24 heavy (non-hydrogen) atoms. The van der Waals surface area contributed by atoms with Crippen molar-refractivity contribution in [1.29, 1.82) is 0 Å². The van der Waals surface area contributed by atoms with Crippen LogP contribution in [0.5, 0.6) is 0 Å². The lowest BCUT2D eigenvalue weighted by Gasteiger charge is -2.15. The maximum Gasteiger partial charge on any atom is 0.410 e. The molecule has 0 unspecified atom stereocenters. The summed E-state index contributed by atoms with van der Waals surface area (Å²) in [4.78, 5) is 25.3. The van der Waals surface area contributed by atoms with Crippen molar-refractivity contribution < 1.29 is 19.1 Å².